The zero-order valence-electron chi connectivity index (χ0n) is 16.8. The van der Waals surface area contributed by atoms with Gasteiger partial charge in [0.2, 0.25) is 0 Å². The Morgan fingerprint density at radius 2 is 1.64 bits per heavy atom. The first-order valence-corrected chi connectivity index (χ1v) is 9.82. The summed E-state index contributed by atoms with van der Waals surface area (Å²) < 4.78 is 5.40. The number of benzene rings is 2. The number of carbonyl (C=O) groups is 2. The minimum atomic E-state index is -0.306. The number of nitrogens with zero attached hydrogens (tertiary/aromatic N) is 1. The van der Waals surface area contributed by atoms with Gasteiger partial charge < -0.3 is 15.0 Å². The van der Waals surface area contributed by atoms with Gasteiger partial charge in [-0.2, -0.15) is 0 Å². The molecule has 0 unspecified atom stereocenters. The number of amides is 2. The number of nitrogens with one attached hydrogen (secondary N) is 1. The highest BCUT2D eigenvalue weighted by Gasteiger charge is 2.25. The molecule has 2 aromatic rings. The van der Waals surface area contributed by atoms with E-state index >= 15 is 0 Å². The van der Waals surface area contributed by atoms with E-state index in [-0.39, 0.29) is 12.0 Å². The topological polar surface area (TPSA) is 58.6 Å². The fraction of sp³-hybridized carbons (Fsp3) is 0.391. The summed E-state index contributed by atoms with van der Waals surface area (Å²) in [5.74, 6) is 0.919. The van der Waals surface area contributed by atoms with Crippen LogP contribution in [0.5, 0.6) is 5.75 Å². The van der Waals surface area contributed by atoms with E-state index in [0.717, 1.165) is 29.5 Å². The molecule has 28 heavy (non-hydrogen) atoms. The second kappa shape index (κ2) is 8.91. The molecule has 0 aliphatic carbocycles. The Balaban J connectivity index is 1.47. The van der Waals surface area contributed by atoms with Crippen LogP contribution in [0.1, 0.15) is 39.9 Å². The average Bonchev–Trinajstić information content (AvgIpc) is 2.66. The molecule has 1 saturated heterocycles. The lowest BCUT2D eigenvalue weighted by Gasteiger charge is -2.31. The van der Waals surface area contributed by atoms with Gasteiger partial charge in [-0.05, 0) is 62.8 Å². The predicted octanol–water partition coefficient (Wildman–Crippen LogP) is 4.25. The normalized spacial score (nSPS) is 14.6. The Morgan fingerprint density at radius 3 is 2.25 bits per heavy atom. The largest absolute Gasteiger partial charge is 0.415 e. The number of aryl methyl sites for hydroxylation is 3. The summed E-state index contributed by atoms with van der Waals surface area (Å²) in [6, 6.07) is 13.2. The number of piperidine rings is 1. The van der Waals surface area contributed by atoms with Gasteiger partial charge in [0.15, 0.2) is 0 Å². The second-order valence-corrected chi connectivity index (χ2v) is 7.60. The van der Waals surface area contributed by atoms with Crippen LogP contribution in [0, 0.1) is 26.7 Å². The van der Waals surface area contributed by atoms with Gasteiger partial charge in [-0.1, -0.05) is 35.9 Å². The summed E-state index contributed by atoms with van der Waals surface area (Å²) >= 11 is 0. The third kappa shape index (κ3) is 4.91. The van der Waals surface area contributed by atoms with Crippen molar-refractivity contribution in [1.29, 1.82) is 0 Å². The van der Waals surface area contributed by atoms with Crippen LogP contribution >= 0.6 is 0 Å². The van der Waals surface area contributed by atoms with Gasteiger partial charge in [-0.15, -0.1) is 0 Å². The Labute approximate surface area is 166 Å². The molecule has 0 atom stereocenters. The van der Waals surface area contributed by atoms with Crippen molar-refractivity contribution in [1.82, 2.24) is 10.2 Å². The first kappa shape index (κ1) is 19.9. The number of rotatable bonds is 4. The smallest absolute Gasteiger partial charge is 0.410 e. The number of para-hydroxylation sites is 1. The third-order valence-corrected chi connectivity index (χ3v) is 5.28. The van der Waals surface area contributed by atoms with Crippen molar-refractivity contribution < 1.29 is 14.3 Å². The van der Waals surface area contributed by atoms with Crippen LogP contribution in [0.3, 0.4) is 0 Å². The summed E-state index contributed by atoms with van der Waals surface area (Å²) in [6.45, 7) is 7.92. The number of hydrogen-bond acceptors (Lipinski definition) is 3. The van der Waals surface area contributed by atoms with Crippen molar-refractivity contribution in [3.63, 3.8) is 0 Å². The van der Waals surface area contributed by atoms with E-state index in [2.05, 4.69) is 5.32 Å². The zero-order chi connectivity index (χ0) is 20.1. The van der Waals surface area contributed by atoms with Gasteiger partial charge in [-0.25, -0.2) is 4.79 Å². The average molecular weight is 380 g/mol. The molecule has 0 saturated carbocycles. The minimum Gasteiger partial charge on any atom is -0.410 e. The molecular formula is C23H28N2O3. The van der Waals surface area contributed by atoms with E-state index in [4.69, 9.17) is 4.74 Å². The molecule has 1 N–H and O–H groups in total. The Morgan fingerprint density at radius 1 is 1.04 bits per heavy atom. The van der Waals surface area contributed by atoms with Gasteiger partial charge in [0, 0.05) is 25.2 Å². The second-order valence-electron chi connectivity index (χ2n) is 7.60. The molecule has 0 bridgehead atoms. The molecule has 1 aliphatic rings. The lowest BCUT2D eigenvalue weighted by molar-refractivity contribution is 0.0930. The van der Waals surface area contributed by atoms with Crippen LogP contribution in [0.25, 0.3) is 0 Å². The standard InChI is InChI=1S/C23H28N2O3/c1-16-13-17(2)21(18(3)14-16)22(26)24-15-19-9-11-25(12-10-19)23(27)28-20-7-5-4-6-8-20/h4-8,13-14,19H,9-12,15H2,1-3H3,(H,24,26). The highest BCUT2D eigenvalue weighted by atomic mass is 16.6. The third-order valence-electron chi connectivity index (χ3n) is 5.28. The molecule has 1 fully saturated rings. The van der Waals surface area contributed by atoms with Gasteiger partial charge >= 0.3 is 6.09 Å². The molecule has 0 spiro atoms. The maximum Gasteiger partial charge on any atom is 0.415 e. The maximum absolute atomic E-state index is 12.6. The van der Waals surface area contributed by atoms with Gasteiger partial charge in [-0.3, -0.25) is 4.79 Å². The molecular weight excluding hydrogens is 352 g/mol. The monoisotopic (exact) mass is 380 g/mol. The van der Waals surface area contributed by atoms with E-state index in [9.17, 15) is 9.59 Å². The summed E-state index contributed by atoms with van der Waals surface area (Å²) in [4.78, 5) is 26.6. The van der Waals surface area contributed by atoms with Gasteiger partial charge in [0.05, 0.1) is 0 Å². The number of carbonyl (C=O) groups excluding carboxylic acids is 2. The van der Waals surface area contributed by atoms with Crippen molar-refractivity contribution in [3.8, 4) is 5.75 Å². The van der Waals surface area contributed by atoms with E-state index in [1.807, 2.05) is 51.1 Å². The van der Waals surface area contributed by atoms with Crippen LogP contribution in [0.4, 0.5) is 4.79 Å². The van der Waals surface area contributed by atoms with Crippen LogP contribution < -0.4 is 10.1 Å². The zero-order valence-corrected chi connectivity index (χ0v) is 16.8. The summed E-state index contributed by atoms with van der Waals surface area (Å²) in [5.41, 5.74) is 3.96. The SMILES string of the molecule is Cc1cc(C)c(C(=O)NCC2CCN(C(=O)Oc3ccccc3)CC2)c(C)c1. The first-order chi connectivity index (χ1) is 13.4. The van der Waals surface area contributed by atoms with Gasteiger partial charge in [0.25, 0.3) is 5.91 Å². The number of likely N-dealkylation sites (tertiary alicyclic amines) is 1. The highest BCUT2D eigenvalue weighted by molar-refractivity contribution is 5.97. The van der Waals surface area contributed by atoms with Crippen LogP contribution in [-0.2, 0) is 0 Å². The molecule has 5 nitrogen and oxygen atoms in total. The maximum atomic E-state index is 12.6. The first-order valence-electron chi connectivity index (χ1n) is 9.82. The molecule has 5 heteroatoms. The molecule has 2 aromatic carbocycles. The Kier molecular flexibility index (Phi) is 6.34. The van der Waals surface area contributed by atoms with Crippen molar-refractivity contribution in [2.45, 2.75) is 33.6 Å². The molecule has 1 heterocycles. The van der Waals surface area contributed by atoms with E-state index < -0.39 is 0 Å². The van der Waals surface area contributed by atoms with Gasteiger partial charge in [0.1, 0.15) is 5.75 Å². The number of ether oxygens (including phenoxy) is 1. The minimum absolute atomic E-state index is 0.0130. The summed E-state index contributed by atoms with van der Waals surface area (Å²) in [5, 5.41) is 3.08. The molecule has 1 aliphatic heterocycles. The van der Waals surface area contributed by atoms with Crippen LogP contribution in [0.15, 0.2) is 42.5 Å². The van der Waals surface area contributed by atoms with Crippen molar-refractivity contribution in [3.05, 3.63) is 64.7 Å². The Bertz CT molecular complexity index is 817. The lowest BCUT2D eigenvalue weighted by Crippen LogP contribution is -2.42. The quantitative estimate of drug-likeness (QED) is 0.862. The summed E-state index contributed by atoms with van der Waals surface area (Å²) in [7, 11) is 0. The van der Waals surface area contributed by atoms with E-state index in [0.29, 0.717) is 31.3 Å². The molecule has 3 rings (SSSR count). The highest BCUT2D eigenvalue weighted by Crippen LogP contribution is 2.20. The molecule has 2 amide bonds. The number of hydrogen-bond donors (Lipinski definition) is 1. The van der Waals surface area contributed by atoms with Crippen LogP contribution in [-0.4, -0.2) is 36.5 Å². The van der Waals surface area contributed by atoms with Crippen LogP contribution in [0.2, 0.25) is 0 Å². The van der Waals surface area contributed by atoms with Crippen molar-refractivity contribution in [2.24, 2.45) is 5.92 Å². The fourth-order valence-corrected chi connectivity index (χ4v) is 3.84. The van der Waals surface area contributed by atoms with E-state index in [1.54, 1.807) is 17.0 Å². The molecule has 0 radical (unpaired) electrons. The molecule has 0 aromatic heterocycles. The fourth-order valence-electron chi connectivity index (χ4n) is 3.84. The summed E-state index contributed by atoms with van der Waals surface area (Å²) in [6.07, 6.45) is 1.41. The predicted molar refractivity (Wildman–Crippen MR) is 110 cm³/mol. The van der Waals surface area contributed by atoms with E-state index in [1.165, 1.54) is 5.56 Å². The van der Waals surface area contributed by atoms with Crippen molar-refractivity contribution >= 4 is 12.0 Å². The lowest BCUT2D eigenvalue weighted by atomic mass is 9.96. The Hall–Kier alpha value is -2.82. The van der Waals surface area contributed by atoms with Crippen molar-refractivity contribution in [2.75, 3.05) is 19.6 Å². The molecule has 148 valence electrons.